The molecule has 0 heterocycles. The summed E-state index contributed by atoms with van der Waals surface area (Å²) in [6.45, 7) is 4.40. The molecule has 0 atom stereocenters. The topological polar surface area (TPSA) is 46.2 Å². The summed E-state index contributed by atoms with van der Waals surface area (Å²) in [5, 5.41) is 0. The minimum Gasteiger partial charge on any atom is -0.212 e. The summed E-state index contributed by atoms with van der Waals surface area (Å²) < 4.78 is 26.7. The van der Waals surface area contributed by atoms with Crippen molar-refractivity contribution in [3.05, 3.63) is 70.8 Å². The molecule has 0 aromatic heterocycles. The Balaban J connectivity index is 2.00. The van der Waals surface area contributed by atoms with E-state index in [1.165, 1.54) is 11.1 Å². The first kappa shape index (κ1) is 14.8. The van der Waals surface area contributed by atoms with Gasteiger partial charge in [-0.15, -0.1) is 0 Å². The lowest BCUT2D eigenvalue weighted by Crippen LogP contribution is -2.24. The number of aryl methyl sites for hydroxylation is 2. The fraction of sp³-hybridized carbons (Fsp3) is 0.250. The van der Waals surface area contributed by atoms with Crippen molar-refractivity contribution in [1.29, 1.82) is 0 Å². The Kier molecular flexibility index (Phi) is 4.57. The molecule has 106 valence electrons. The highest BCUT2D eigenvalue weighted by atomic mass is 32.2. The first-order valence-electron chi connectivity index (χ1n) is 6.54. The van der Waals surface area contributed by atoms with Crippen LogP contribution in [-0.4, -0.2) is 8.42 Å². The quantitative estimate of drug-likeness (QED) is 0.920. The van der Waals surface area contributed by atoms with Crippen LogP contribution >= 0.6 is 0 Å². The number of rotatable bonds is 5. The fourth-order valence-corrected chi connectivity index (χ4v) is 3.07. The first-order valence-corrected chi connectivity index (χ1v) is 8.19. The van der Waals surface area contributed by atoms with E-state index in [9.17, 15) is 8.42 Å². The third-order valence-corrected chi connectivity index (χ3v) is 4.56. The SMILES string of the molecule is Cc1ccc(CNS(=O)(=O)Cc2ccccc2)cc1C. The molecule has 0 unspecified atom stereocenters. The van der Waals surface area contributed by atoms with Crippen molar-refractivity contribution < 1.29 is 8.42 Å². The molecule has 0 radical (unpaired) electrons. The average Bonchev–Trinajstić information content (AvgIpc) is 2.41. The highest BCUT2D eigenvalue weighted by Crippen LogP contribution is 2.10. The number of sulfonamides is 1. The van der Waals surface area contributed by atoms with Gasteiger partial charge in [0.15, 0.2) is 0 Å². The summed E-state index contributed by atoms with van der Waals surface area (Å²) in [6.07, 6.45) is 0. The third-order valence-electron chi connectivity index (χ3n) is 3.27. The normalized spacial score (nSPS) is 11.5. The smallest absolute Gasteiger partial charge is 0.212 e. The molecule has 2 rings (SSSR count). The van der Waals surface area contributed by atoms with E-state index in [4.69, 9.17) is 0 Å². The minimum absolute atomic E-state index is 0.0126. The maximum atomic E-state index is 12.0. The highest BCUT2D eigenvalue weighted by molar-refractivity contribution is 7.88. The van der Waals surface area contributed by atoms with Gasteiger partial charge in [0, 0.05) is 6.54 Å². The molecule has 20 heavy (non-hydrogen) atoms. The van der Waals surface area contributed by atoms with Crippen molar-refractivity contribution in [2.24, 2.45) is 0 Å². The lowest BCUT2D eigenvalue weighted by Gasteiger charge is -2.08. The van der Waals surface area contributed by atoms with Crippen molar-refractivity contribution in [2.75, 3.05) is 0 Å². The number of benzene rings is 2. The second-order valence-corrected chi connectivity index (χ2v) is 6.79. The fourth-order valence-electron chi connectivity index (χ4n) is 1.95. The van der Waals surface area contributed by atoms with Gasteiger partial charge in [-0.05, 0) is 36.1 Å². The zero-order valence-corrected chi connectivity index (χ0v) is 12.6. The number of nitrogens with one attached hydrogen (secondary N) is 1. The van der Waals surface area contributed by atoms with Gasteiger partial charge in [0.05, 0.1) is 5.75 Å². The molecule has 0 fully saturated rings. The van der Waals surface area contributed by atoms with Gasteiger partial charge in [-0.1, -0.05) is 48.5 Å². The molecule has 2 aromatic carbocycles. The van der Waals surface area contributed by atoms with Crippen LogP contribution in [0, 0.1) is 13.8 Å². The second-order valence-electron chi connectivity index (χ2n) is 4.98. The summed E-state index contributed by atoms with van der Waals surface area (Å²) in [5.41, 5.74) is 4.15. The monoisotopic (exact) mass is 289 g/mol. The molecule has 0 aliphatic rings. The van der Waals surface area contributed by atoms with E-state index in [-0.39, 0.29) is 5.75 Å². The summed E-state index contributed by atoms with van der Waals surface area (Å²) in [4.78, 5) is 0. The zero-order chi connectivity index (χ0) is 14.6. The lowest BCUT2D eigenvalue weighted by molar-refractivity contribution is 0.580. The van der Waals surface area contributed by atoms with Crippen LogP contribution in [0.2, 0.25) is 0 Å². The van der Waals surface area contributed by atoms with Crippen LogP contribution in [0.1, 0.15) is 22.3 Å². The van der Waals surface area contributed by atoms with Gasteiger partial charge in [-0.25, -0.2) is 13.1 Å². The van der Waals surface area contributed by atoms with E-state index < -0.39 is 10.0 Å². The highest BCUT2D eigenvalue weighted by Gasteiger charge is 2.11. The maximum absolute atomic E-state index is 12.0. The third kappa shape index (κ3) is 4.18. The van der Waals surface area contributed by atoms with Gasteiger partial charge in [0.2, 0.25) is 10.0 Å². The van der Waals surface area contributed by atoms with Gasteiger partial charge in [-0.3, -0.25) is 0 Å². The molecule has 0 amide bonds. The molecular weight excluding hydrogens is 270 g/mol. The van der Waals surface area contributed by atoms with Crippen LogP contribution in [0.3, 0.4) is 0 Å². The Morgan fingerprint density at radius 3 is 2.25 bits per heavy atom. The van der Waals surface area contributed by atoms with Crippen LogP contribution in [-0.2, 0) is 22.3 Å². The molecular formula is C16H19NO2S. The molecule has 0 aliphatic heterocycles. The van der Waals surface area contributed by atoms with Crippen molar-refractivity contribution in [3.63, 3.8) is 0 Å². The average molecular weight is 289 g/mol. The van der Waals surface area contributed by atoms with E-state index in [2.05, 4.69) is 4.72 Å². The van der Waals surface area contributed by atoms with Gasteiger partial charge < -0.3 is 0 Å². The first-order chi connectivity index (χ1) is 9.46. The summed E-state index contributed by atoms with van der Waals surface area (Å²) in [6, 6.07) is 15.2. The van der Waals surface area contributed by atoms with E-state index in [1.807, 2.05) is 62.4 Å². The Morgan fingerprint density at radius 2 is 1.60 bits per heavy atom. The van der Waals surface area contributed by atoms with Gasteiger partial charge in [-0.2, -0.15) is 0 Å². The van der Waals surface area contributed by atoms with Crippen LogP contribution < -0.4 is 4.72 Å². The molecule has 0 saturated heterocycles. The Labute approximate surface area is 120 Å². The molecule has 0 bridgehead atoms. The standard InChI is InChI=1S/C16H19NO2S/c1-13-8-9-16(10-14(13)2)11-17-20(18,19)12-15-6-4-3-5-7-15/h3-10,17H,11-12H2,1-2H3. The minimum atomic E-state index is -3.31. The molecule has 0 aliphatic carbocycles. The Bertz CT molecular complexity index is 679. The molecule has 4 heteroatoms. The van der Waals surface area contributed by atoms with Crippen molar-refractivity contribution in [3.8, 4) is 0 Å². The van der Waals surface area contributed by atoms with Crippen LogP contribution in [0.4, 0.5) is 0 Å². The predicted octanol–water partition coefficient (Wildman–Crippen LogP) is 2.92. The molecule has 1 N–H and O–H groups in total. The van der Waals surface area contributed by atoms with Gasteiger partial charge >= 0.3 is 0 Å². The Hall–Kier alpha value is -1.65. The predicted molar refractivity (Wildman–Crippen MR) is 81.8 cm³/mol. The summed E-state index contributed by atoms with van der Waals surface area (Å²) in [7, 11) is -3.31. The molecule has 3 nitrogen and oxygen atoms in total. The van der Waals surface area contributed by atoms with Gasteiger partial charge in [0.1, 0.15) is 0 Å². The second kappa shape index (κ2) is 6.20. The van der Waals surface area contributed by atoms with Crippen molar-refractivity contribution in [1.82, 2.24) is 4.72 Å². The van der Waals surface area contributed by atoms with Crippen LogP contribution in [0.5, 0.6) is 0 Å². The zero-order valence-electron chi connectivity index (χ0n) is 11.8. The largest absolute Gasteiger partial charge is 0.216 e. The Morgan fingerprint density at radius 1 is 0.900 bits per heavy atom. The lowest BCUT2D eigenvalue weighted by atomic mass is 10.1. The van der Waals surface area contributed by atoms with Gasteiger partial charge in [0.25, 0.3) is 0 Å². The number of hydrogen-bond donors (Lipinski definition) is 1. The van der Waals surface area contributed by atoms with Crippen LogP contribution in [0.15, 0.2) is 48.5 Å². The van der Waals surface area contributed by atoms with Crippen molar-refractivity contribution in [2.45, 2.75) is 26.1 Å². The maximum Gasteiger partial charge on any atom is 0.216 e. The molecule has 0 spiro atoms. The van der Waals surface area contributed by atoms with Crippen molar-refractivity contribution >= 4 is 10.0 Å². The van der Waals surface area contributed by atoms with E-state index in [0.717, 1.165) is 11.1 Å². The number of hydrogen-bond acceptors (Lipinski definition) is 2. The van der Waals surface area contributed by atoms with E-state index in [0.29, 0.717) is 6.54 Å². The van der Waals surface area contributed by atoms with E-state index in [1.54, 1.807) is 0 Å². The van der Waals surface area contributed by atoms with Crippen LogP contribution in [0.25, 0.3) is 0 Å². The molecule has 2 aromatic rings. The summed E-state index contributed by atoms with van der Waals surface area (Å²) >= 11 is 0. The molecule has 0 saturated carbocycles. The van der Waals surface area contributed by atoms with E-state index >= 15 is 0 Å². The summed E-state index contributed by atoms with van der Waals surface area (Å²) in [5.74, 6) is 0.0126.